The highest BCUT2D eigenvalue weighted by Crippen LogP contribution is 2.18. The van der Waals surface area contributed by atoms with Crippen molar-refractivity contribution in [2.75, 3.05) is 0 Å². The molecule has 1 aromatic carbocycles. The molecule has 0 radical (unpaired) electrons. The van der Waals surface area contributed by atoms with Crippen LogP contribution in [0.5, 0.6) is 0 Å². The molecule has 4 nitrogen and oxygen atoms in total. The third-order valence-electron chi connectivity index (χ3n) is 3.04. The van der Waals surface area contributed by atoms with Gasteiger partial charge in [-0.25, -0.2) is 9.97 Å². The molecule has 1 heterocycles. The van der Waals surface area contributed by atoms with E-state index < -0.39 is 0 Å². The first-order chi connectivity index (χ1) is 8.70. The van der Waals surface area contributed by atoms with Crippen molar-refractivity contribution in [2.45, 2.75) is 26.3 Å². The van der Waals surface area contributed by atoms with E-state index in [1.165, 1.54) is 11.1 Å². The van der Waals surface area contributed by atoms with E-state index in [-0.39, 0.29) is 6.04 Å². The summed E-state index contributed by atoms with van der Waals surface area (Å²) in [6.45, 7) is 3.99. The van der Waals surface area contributed by atoms with Gasteiger partial charge in [0.15, 0.2) is 0 Å². The molecular weight excluding hydrogens is 224 g/mol. The van der Waals surface area contributed by atoms with Crippen LogP contribution in [0.2, 0.25) is 0 Å². The van der Waals surface area contributed by atoms with E-state index in [1.807, 2.05) is 25.1 Å². The van der Waals surface area contributed by atoms with E-state index >= 15 is 0 Å². The molecule has 18 heavy (non-hydrogen) atoms. The standard InChI is InChI=1S/C14H18N4/c1-10-5-3-4-6-12(10)9-14(18-15)13-7-8-16-11(2)17-13/h3-8,14,18H,9,15H2,1-2H3. The maximum atomic E-state index is 5.64. The van der Waals surface area contributed by atoms with Gasteiger partial charge < -0.3 is 0 Å². The van der Waals surface area contributed by atoms with Crippen molar-refractivity contribution in [1.29, 1.82) is 0 Å². The fourth-order valence-electron chi connectivity index (χ4n) is 1.98. The van der Waals surface area contributed by atoms with Crippen LogP contribution < -0.4 is 11.3 Å². The average Bonchev–Trinajstić information content (AvgIpc) is 2.38. The lowest BCUT2D eigenvalue weighted by Crippen LogP contribution is -2.30. The van der Waals surface area contributed by atoms with Gasteiger partial charge in [0.25, 0.3) is 0 Å². The largest absolute Gasteiger partial charge is 0.271 e. The van der Waals surface area contributed by atoms with E-state index in [4.69, 9.17) is 5.84 Å². The highest BCUT2D eigenvalue weighted by Gasteiger charge is 2.13. The number of aryl methyl sites for hydroxylation is 2. The van der Waals surface area contributed by atoms with Crippen molar-refractivity contribution in [3.63, 3.8) is 0 Å². The molecule has 0 amide bonds. The second-order valence-electron chi connectivity index (χ2n) is 4.38. The number of hydrazine groups is 1. The number of hydrogen-bond donors (Lipinski definition) is 2. The SMILES string of the molecule is Cc1nccc(C(Cc2ccccc2C)NN)n1. The van der Waals surface area contributed by atoms with Gasteiger partial charge in [-0.1, -0.05) is 24.3 Å². The molecule has 0 aliphatic carbocycles. The van der Waals surface area contributed by atoms with Crippen molar-refractivity contribution in [1.82, 2.24) is 15.4 Å². The van der Waals surface area contributed by atoms with Gasteiger partial charge >= 0.3 is 0 Å². The van der Waals surface area contributed by atoms with Crippen LogP contribution in [-0.4, -0.2) is 9.97 Å². The van der Waals surface area contributed by atoms with Gasteiger partial charge in [0.1, 0.15) is 5.82 Å². The summed E-state index contributed by atoms with van der Waals surface area (Å²) < 4.78 is 0. The van der Waals surface area contributed by atoms with E-state index in [0.29, 0.717) is 0 Å². The number of benzene rings is 1. The molecule has 1 unspecified atom stereocenters. The second-order valence-corrected chi connectivity index (χ2v) is 4.38. The number of nitrogens with zero attached hydrogens (tertiary/aromatic N) is 2. The Morgan fingerprint density at radius 3 is 2.67 bits per heavy atom. The van der Waals surface area contributed by atoms with Crippen molar-refractivity contribution in [3.05, 3.63) is 59.2 Å². The molecule has 0 saturated heterocycles. The van der Waals surface area contributed by atoms with Gasteiger partial charge in [-0.2, -0.15) is 0 Å². The number of aromatic nitrogens is 2. The normalized spacial score (nSPS) is 12.4. The van der Waals surface area contributed by atoms with E-state index in [2.05, 4.69) is 34.5 Å². The summed E-state index contributed by atoms with van der Waals surface area (Å²) in [6.07, 6.45) is 2.58. The fraction of sp³-hybridized carbons (Fsp3) is 0.286. The Labute approximate surface area is 107 Å². The third-order valence-corrected chi connectivity index (χ3v) is 3.04. The monoisotopic (exact) mass is 242 g/mol. The van der Waals surface area contributed by atoms with Gasteiger partial charge in [-0.15, -0.1) is 0 Å². The lowest BCUT2D eigenvalue weighted by atomic mass is 9.99. The lowest BCUT2D eigenvalue weighted by Gasteiger charge is -2.16. The summed E-state index contributed by atoms with van der Waals surface area (Å²) in [6, 6.07) is 10.2. The van der Waals surface area contributed by atoms with Crippen molar-refractivity contribution < 1.29 is 0 Å². The van der Waals surface area contributed by atoms with Crippen LogP contribution in [0, 0.1) is 13.8 Å². The molecule has 4 heteroatoms. The maximum absolute atomic E-state index is 5.64. The van der Waals surface area contributed by atoms with Crippen LogP contribution in [0.4, 0.5) is 0 Å². The first-order valence-electron chi connectivity index (χ1n) is 6.01. The van der Waals surface area contributed by atoms with E-state index in [1.54, 1.807) is 6.20 Å². The molecule has 94 valence electrons. The minimum atomic E-state index is 0.00722. The molecule has 2 rings (SSSR count). The van der Waals surface area contributed by atoms with Crippen LogP contribution >= 0.6 is 0 Å². The zero-order valence-electron chi connectivity index (χ0n) is 10.7. The summed E-state index contributed by atoms with van der Waals surface area (Å²) in [5, 5.41) is 0. The molecule has 1 atom stereocenters. The first kappa shape index (κ1) is 12.7. The molecule has 0 aliphatic heterocycles. The van der Waals surface area contributed by atoms with Gasteiger partial charge in [0, 0.05) is 6.20 Å². The molecule has 0 spiro atoms. The van der Waals surface area contributed by atoms with Crippen LogP contribution in [0.25, 0.3) is 0 Å². The van der Waals surface area contributed by atoms with E-state index in [0.717, 1.165) is 17.9 Å². The Balaban J connectivity index is 2.23. The predicted molar refractivity (Wildman–Crippen MR) is 71.7 cm³/mol. The zero-order chi connectivity index (χ0) is 13.0. The van der Waals surface area contributed by atoms with Crippen molar-refractivity contribution in [3.8, 4) is 0 Å². The molecule has 1 aromatic heterocycles. The highest BCUT2D eigenvalue weighted by atomic mass is 15.2. The Morgan fingerprint density at radius 1 is 1.22 bits per heavy atom. The van der Waals surface area contributed by atoms with Crippen LogP contribution in [0.1, 0.15) is 28.7 Å². The minimum Gasteiger partial charge on any atom is -0.271 e. The number of rotatable bonds is 4. The minimum absolute atomic E-state index is 0.00722. The van der Waals surface area contributed by atoms with Crippen LogP contribution in [-0.2, 0) is 6.42 Å². The topological polar surface area (TPSA) is 63.8 Å². The number of nitrogens with two attached hydrogens (primary N) is 1. The number of hydrogen-bond acceptors (Lipinski definition) is 4. The third kappa shape index (κ3) is 2.91. The Hall–Kier alpha value is -1.78. The Kier molecular flexibility index (Phi) is 4.02. The molecular formula is C14H18N4. The summed E-state index contributed by atoms with van der Waals surface area (Å²) in [5.74, 6) is 6.40. The quantitative estimate of drug-likeness (QED) is 0.634. The summed E-state index contributed by atoms with van der Waals surface area (Å²) in [5.41, 5.74) is 6.30. The van der Waals surface area contributed by atoms with Crippen LogP contribution in [0.15, 0.2) is 36.5 Å². The molecule has 0 fully saturated rings. The summed E-state index contributed by atoms with van der Waals surface area (Å²) in [7, 11) is 0. The molecule has 2 aromatic rings. The highest BCUT2D eigenvalue weighted by molar-refractivity contribution is 5.27. The first-order valence-corrected chi connectivity index (χ1v) is 6.01. The van der Waals surface area contributed by atoms with E-state index in [9.17, 15) is 0 Å². The summed E-state index contributed by atoms with van der Waals surface area (Å²) in [4.78, 5) is 8.52. The fourth-order valence-corrected chi connectivity index (χ4v) is 1.98. The lowest BCUT2D eigenvalue weighted by molar-refractivity contribution is 0.534. The van der Waals surface area contributed by atoms with Crippen molar-refractivity contribution >= 4 is 0 Å². The van der Waals surface area contributed by atoms with Gasteiger partial charge in [-0.05, 0) is 37.5 Å². The molecule has 0 saturated carbocycles. The van der Waals surface area contributed by atoms with Gasteiger partial charge in [0.05, 0.1) is 11.7 Å². The Bertz CT molecular complexity index is 525. The second kappa shape index (κ2) is 5.71. The molecule has 3 N–H and O–H groups in total. The predicted octanol–water partition coefficient (Wildman–Crippen LogP) is 1.84. The molecule has 0 bridgehead atoms. The maximum Gasteiger partial charge on any atom is 0.125 e. The van der Waals surface area contributed by atoms with Crippen molar-refractivity contribution in [2.24, 2.45) is 5.84 Å². The number of nitrogens with one attached hydrogen (secondary N) is 1. The Morgan fingerprint density at radius 2 is 2.00 bits per heavy atom. The van der Waals surface area contributed by atoms with Gasteiger partial charge in [0.2, 0.25) is 0 Å². The average molecular weight is 242 g/mol. The smallest absolute Gasteiger partial charge is 0.125 e. The van der Waals surface area contributed by atoms with Gasteiger partial charge in [-0.3, -0.25) is 11.3 Å². The van der Waals surface area contributed by atoms with Crippen LogP contribution in [0.3, 0.4) is 0 Å². The molecule has 0 aliphatic rings. The zero-order valence-corrected chi connectivity index (χ0v) is 10.7. The summed E-state index contributed by atoms with van der Waals surface area (Å²) >= 11 is 0.